The molecule has 1 aromatic heterocycles. The number of anilines is 2. The van der Waals surface area contributed by atoms with Gasteiger partial charge in [-0.1, -0.05) is 75.7 Å². The van der Waals surface area contributed by atoms with E-state index in [0.29, 0.717) is 0 Å². The summed E-state index contributed by atoms with van der Waals surface area (Å²) < 4.78 is 6.52. The molecule has 0 spiro atoms. The van der Waals surface area contributed by atoms with Crippen LogP contribution >= 0.6 is 0 Å². The molecule has 0 atom stereocenters. The number of nitrogens with zero attached hydrogens (tertiary/aromatic N) is 1. The summed E-state index contributed by atoms with van der Waals surface area (Å²) in [5.41, 5.74) is 6.77. The minimum Gasteiger partial charge on any atom is -0.454 e. The minimum absolute atomic E-state index is 0.0300. The van der Waals surface area contributed by atoms with Gasteiger partial charge in [0.15, 0.2) is 5.58 Å². The topological polar surface area (TPSA) is 16.4 Å². The summed E-state index contributed by atoms with van der Waals surface area (Å²) in [4.78, 5) is 2.22. The summed E-state index contributed by atoms with van der Waals surface area (Å²) in [5.74, 6) is 0. The SMILES string of the molecule is BC(C)(C)c1ccc(N(C)c2cccc3c2oc2c(C(B)(C)C)cccc23)cc1. The van der Waals surface area contributed by atoms with Crippen LogP contribution in [0.2, 0.25) is 0 Å². The zero-order chi connectivity index (χ0) is 21.0. The molecule has 0 aliphatic rings. The molecular formula is C25H29B2NO. The fourth-order valence-electron chi connectivity index (χ4n) is 3.98. The third kappa shape index (κ3) is 3.46. The van der Waals surface area contributed by atoms with Gasteiger partial charge in [0.25, 0.3) is 0 Å². The number of hydrogen-bond acceptors (Lipinski definition) is 2. The first kappa shape index (κ1) is 19.7. The molecule has 0 aliphatic heterocycles. The van der Waals surface area contributed by atoms with Crippen LogP contribution < -0.4 is 4.90 Å². The fraction of sp³-hybridized carbons (Fsp3) is 0.280. The van der Waals surface area contributed by atoms with E-state index in [1.54, 1.807) is 0 Å². The average molecular weight is 381 g/mol. The summed E-state index contributed by atoms with van der Waals surface area (Å²) >= 11 is 0. The van der Waals surface area contributed by atoms with Crippen molar-refractivity contribution >= 4 is 49.0 Å². The molecule has 0 saturated heterocycles. The average Bonchev–Trinajstić information content (AvgIpc) is 3.04. The molecule has 29 heavy (non-hydrogen) atoms. The second kappa shape index (κ2) is 6.73. The van der Waals surface area contributed by atoms with Gasteiger partial charge in [-0.3, -0.25) is 0 Å². The molecule has 4 aromatic rings. The van der Waals surface area contributed by atoms with Crippen molar-refractivity contribution in [2.75, 3.05) is 11.9 Å². The van der Waals surface area contributed by atoms with E-state index in [0.717, 1.165) is 22.5 Å². The molecule has 0 fully saturated rings. The lowest BCUT2D eigenvalue weighted by Gasteiger charge is -2.23. The lowest BCUT2D eigenvalue weighted by Crippen LogP contribution is -2.17. The molecule has 0 N–H and O–H groups in total. The van der Waals surface area contributed by atoms with E-state index in [2.05, 4.69) is 116 Å². The molecule has 3 aromatic carbocycles. The van der Waals surface area contributed by atoms with E-state index >= 15 is 0 Å². The Labute approximate surface area is 175 Å². The molecule has 1 heterocycles. The molecule has 0 amide bonds. The Morgan fingerprint density at radius 1 is 0.724 bits per heavy atom. The summed E-state index contributed by atoms with van der Waals surface area (Å²) in [6.07, 6.45) is 0. The molecular weight excluding hydrogens is 352 g/mol. The van der Waals surface area contributed by atoms with Crippen molar-refractivity contribution in [2.45, 2.75) is 38.3 Å². The van der Waals surface area contributed by atoms with Gasteiger partial charge >= 0.3 is 0 Å². The zero-order valence-corrected chi connectivity index (χ0v) is 18.6. The van der Waals surface area contributed by atoms with Crippen LogP contribution in [0.4, 0.5) is 11.4 Å². The normalized spacial score (nSPS) is 12.6. The van der Waals surface area contributed by atoms with E-state index in [-0.39, 0.29) is 10.6 Å². The quantitative estimate of drug-likeness (QED) is 0.458. The Kier molecular flexibility index (Phi) is 4.57. The van der Waals surface area contributed by atoms with Gasteiger partial charge in [0.2, 0.25) is 0 Å². The summed E-state index contributed by atoms with van der Waals surface area (Å²) in [7, 11) is 6.59. The number of benzene rings is 3. The first-order valence-electron chi connectivity index (χ1n) is 10.4. The van der Waals surface area contributed by atoms with E-state index < -0.39 is 0 Å². The van der Waals surface area contributed by atoms with Crippen LogP contribution in [0.3, 0.4) is 0 Å². The van der Waals surface area contributed by atoms with Crippen LogP contribution in [0.15, 0.2) is 65.1 Å². The number of fused-ring (bicyclic) bond motifs is 3. The predicted octanol–water partition coefficient (Wildman–Crippen LogP) is 5.09. The van der Waals surface area contributed by atoms with Crippen molar-refractivity contribution in [3.8, 4) is 0 Å². The van der Waals surface area contributed by atoms with E-state index in [9.17, 15) is 0 Å². The van der Waals surface area contributed by atoms with Crippen LogP contribution in [-0.2, 0) is 10.6 Å². The lowest BCUT2D eigenvalue weighted by atomic mass is 9.67. The lowest BCUT2D eigenvalue weighted by molar-refractivity contribution is 0.647. The summed E-state index contributed by atoms with van der Waals surface area (Å²) in [6, 6.07) is 21.7. The highest BCUT2D eigenvalue weighted by Crippen LogP contribution is 2.40. The molecule has 4 rings (SSSR count). The first-order valence-corrected chi connectivity index (χ1v) is 10.4. The fourth-order valence-corrected chi connectivity index (χ4v) is 3.98. The van der Waals surface area contributed by atoms with Crippen molar-refractivity contribution in [1.82, 2.24) is 0 Å². The van der Waals surface area contributed by atoms with Crippen LogP contribution in [0, 0.1) is 0 Å². The van der Waals surface area contributed by atoms with Gasteiger partial charge in [-0.05, 0) is 34.4 Å². The van der Waals surface area contributed by atoms with Gasteiger partial charge in [-0.25, -0.2) is 0 Å². The molecule has 4 heteroatoms. The highest BCUT2D eigenvalue weighted by atomic mass is 16.3. The largest absolute Gasteiger partial charge is 0.454 e. The van der Waals surface area contributed by atoms with Crippen LogP contribution in [0.5, 0.6) is 0 Å². The number of hydrogen-bond donors (Lipinski definition) is 0. The maximum Gasteiger partial charge on any atom is 0.159 e. The Morgan fingerprint density at radius 2 is 1.31 bits per heavy atom. The number of furan rings is 1. The second-order valence-electron chi connectivity index (χ2n) is 10.0. The Morgan fingerprint density at radius 3 is 1.90 bits per heavy atom. The molecule has 2 nitrogen and oxygen atoms in total. The van der Waals surface area contributed by atoms with Crippen molar-refractivity contribution in [3.63, 3.8) is 0 Å². The Bertz CT molecular complexity index is 1180. The van der Waals surface area contributed by atoms with Gasteiger partial charge in [-0.2, -0.15) is 0 Å². The highest BCUT2D eigenvalue weighted by molar-refractivity contribution is 6.18. The van der Waals surface area contributed by atoms with E-state index in [1.165, 1.54) is 21.9 Å². The maximum atomic E-state index is 6.52. The Hall–Kier alpha value is -2.61. The van der Waals surface area contributed by atoms with Gasteiger partial charge in [0.1, 0.15) is 21.3 Å². The molecule has 0 bridgehead atoms. The smallest absolute Gasteiger partial charge is 0.159 e. The molecule has 0 unspecified atom stereocenters. The van der Waals surface area contributed by atoms with Gasteiger partial charge in [0, 0.05) is 23.5 Å². The third-order valence-corrected chi connectivity index (χ3v) is 5.79. The van der Waals surface area contributed by atoms with E-state index in [1.807, 2.05) is 0 Å². The van der Waals surface area contributed by atoms with Gasteiger partial charge < -0.3 is 9.32 Å². The minimum atomic E-state index is 0.0300. The highest BCUT2D eigenvalue weighted by Gasteiger charge is 2.22. The summed E-state index contributed by atoms with van der Waals surface area (Å²) in [5, 5.41) is 2.54. The molecule has 0 saturated carbocycles. The standard InChI is InChI=1S/C25H29B2NO/c1-24(2,26)16-12-14-17(15-13-16)28(5)21-11-7-9-19-18-8-6-10-20(25(3,4)27)22(18)29-23(19)21/h6-15H,26-27H2,1-5H3. The predicted molar refractivity (Wildman–Crippen MR) is 131 cm³/mol. The number of rotatable bonds is 4. The zero-order valence-electron chi connectivity index (χ0n) is 18.6. The van der Waals surface area contributed by atoms with Crippen LogP contribution in [-0.4, -0.2) is 22.7 Å². The van der Waals surface area contributed by atoms with Crippen molar-refractivity contribution < 1.29 is 4.42 Å². The first-order chi connectivity index (χ1) is 13.6. The molecule has 146 valence electrons. The second-order valence-corrected chi connectivity index (χ2v) is 10.0. The Balaban J connectivity index is 1.86. The maximum absolute atomic E-state index is 6.52. The molecule has 0 aliphatic carbocycles. The van der Waals surface area contributed by atoms with E-state index in [4.69, 9.17) is 4.42 Å². The van der Waals surface area contributed by atoms with Crippen LogP contribution in [0.1, 0.15) is 38.8 Å². The monoisotopic (exact) mass is 381 g/mol. The summed E-state index contributed by atoms with van der Waals surface area (Å²) in [6.45, 7) is 8.96. The van der Waals surface area contributed by atoms with Gasteiger partial charge in [-0.15, -0.1) is 0 Å². The number of para-hydroxylation sites is 2. The third-order valence-electron chi connectivity index (χ3n) is 5.79. The van der Waals surface area contributed by atoms with Crippen molar-refractivity contribution in [1.29, 1.82) is 0 Å². The van der Waals surface area contributed by atoms with Gasteiger partial charge in [0.05, 0.1) is 5.69 Å². The van der Waals surface area contributed by atoms with Crippen molar-refractivity contribution in [2.24, 2.45) is 0 Å². The van der Waals surface area contributed by atoms with Crippen LogP contribution in [0.25, 0.3) is 21.9 Å². The molecule has 0 radical (unpaired) electrons. The van der Waals surface area contributed by atoms with Crippen molar-refractivity contribution in [3.05, 3.63) is 71.8 Å².